The summed E-state index contributed by atoms with van der Waals surface area (Å²) in [6, 6.07) is 13.4. The first kappa shape index (κ1) is 19.5. The Labute approximate surface area is 180 Å². The number of aromatic nitrogens is 3. The first-order chi connectivity index (χ1) is 15.0. The molecule has 5 nitrogen and oxygen atoms in total. The topological polar surface area (TPSA) is 43.1 Å². The van der Waals surface area contributed by atoms with Crippen molar-refractivity contribution in [1.29, 1.82) is 0 Å². The summed E-state index contributed by atoms with van der Waals surface area (Å²) in [6.07, 6.45) is 8.51. The summed E-state index contributed by atoms with van der Waals surface area (Å²) in [4.78, 5) is 19.3. The van der Waals surface area contributed by atoms with Crippen molar-refractivity contribution in [2.75, 3.05) is 0 Å². The van der Waals surface area contributed by atoms with E-state index in [4.69, 9.17) is 0 Å². The number of rotatable bonds is 5. The van der Waals surface area contributed by atoms with Crippen molar-refractivity contribution < 1.29 is 9.18 Å². The van der Waals surface area contributed by atoms with Gasteiger partial charge >= 0.3 is 0 Å². The predicted molar refractivity (Wildman–Crippen MR) is 119 cm³/mol. The fourth-order valence-electron chi connectivity index (χ4n) is 4.27. The molecule has 2 aromatic carbocycles. The zero-order chi connectivity index (χ0) is 21.5. The summed E-state index contributed by atoms with van der Waals surface area (Å²) in [5, 5.41) is 1.08. The van der Waals surface area contributed by atoms with Crippen LogP contribution >= 0.6 is 0 Å². The van der Waals surface area contributed by atoms with E-state index in [1.807, 2.05) is 60.1 Å². The maximum Gasteiger partial charge on any atom is 0.274 e. The molecular formula is C25H25FN4O. The van der Waals surface area contributed by atoms with Gasteiger partial charge in [0.25, 0.3) is 5.91 Å². The molecule has 2 aromatic heterocycles. The summed E-state index contributed by atoms with van der Waals surface area (Å²) in [7, 11) is 3.85. The standard InChI is InChI=1S/C25H25FN4O/c1-28-15-23(27-16-28)25(31)30(20-4-3-5-20)14-17-6-8-22(26)21(12-17)18-7-9-24-19(13-18)10-11-29(24)2/h6-13,15-16,20H,3-5,14H2,1-2H3. The van der Waals surface area contributed by atoms with E-state index in [0.29, 0.717) is 17.8 Å². The van der Waals surface area contributed by atoms with Gasteiger partial charge in [-0.25, -0.2) is 9.37 Å². The maximum atomic E-state index is 14.8. The lowest BCUT2D eigenvalue weighted by Gasteiger charge is -2.37. The Kier molecular flexibility index (Phi) is 4.85. The highest BCUT2D eigenvalue weighted by molar-refractivity contribution is 5.92. The molecule has 31 heavy (non-hydrogen) atoms. The van der Waals surface area contributed by atoms with E-state index in [2.05, 4.69) is 4.98 Å². The zero-order valence-corrected chi connectivity index (χ0v) is 17.8. The molecule has 0 spiro atoms. The Bertz CT molecular complexity index is 1270. The number of aryl methyl sites for hydroxylation is 2. The molecule has 4 aromatic rings. The number of amides is 1. The zero-order valence-electron chi connectivity index (χ0n) is 17.8. The minimum atomic E-state index is -0.259. The molecular weight excluding hydrogens is 391 g/mol. The second kappa shape index (κ2) is 7.69. The van der Waals surface area contributed by atoms with E-state index in [1.165, 1.54) is 6.07 Å². The van der Waals surface area contributed by atoms with E-state index < -0.39 is 0 Å². The van der Waals surface area contributed by atoms with E-state index in [-0.39, 0.29) is 17.8 Å². The van der Waals surface area contributed by atoms with Crippen LogP contribution in [0.4, 0.5) is 4.39 Å². The number of carbonyl (C=O) groups is 1. The maximum absolute atomic E-state index is 14.8. The molecule has 1 fully saturated rings. The van der Waals surface area contributed by atoms with Crippen LogP contribution in [-0.4, -0.2) is 31.0 Å². The molecule has 0 bridgehead atoms. The van der Waals surface area contributed by atoms with Crippen LogP contribution in [-0.2, 0) is 20.6 Å². The highest BCUT2D eigenvalue weighted by Gasteiger charge is 2.30. The third-order valence-electron chi connectivity index (χ3n) is 6.28. The lowest BCUT2D eigenvalue weighted by Crippen LogP contribution is -2.43. The van der Waals surface area contributed by atoms with Gasteiger partial charge in [0, 0.05) is 55.5 Å². The third-order valence-corrected chi connectivity index (χ3v) is 6.28. The lowest BCUT2D eigenvalue weighted by molar-refractivity contribution is 0.0551. The van der Waals surface area contributed by atoms with Crippen molar-refractivity contribution in [3.63, 3.8) is 0 Å². The van der Waals surface area contributed by atoms with Gasteiger partial charge in [-0.05, 0) is 60.7 Å². The Morgan fingerprint density at radius 1 is 1.16 bits per heavy atom. The Morgan fingerprint density at radius 3 is 2.71 bits per heavy atom. The molecule has 0 saturated heterocycles. The number of benzene rings is 2. The SMILES string of the molecule is Cn1cnc(C(=O)N(Cc2ccc(F)c(-c3ccc4c(ccn4C)c3)c2)C2CCC2)c1. The molecule has 1 aliphatic carbocycles. The number of halogens is 1. The second-order valence-electron chi connectivity index (χ2n) is 8.46. The fourth-order valence-corrected chi connectivity index (χ4v) is 4.27. The summed E-state index contributed by atoms with van der Waals surface area (Å²) >= 11 is 0. The van der Waals surface area contributed by atoms with Gasteiger partial charge in [-0.1, -0.05) is 12.1 Å². The molecule has 6 heteroatoms. The molecule has 1 aliphatic rings. The van der Waals surface area contributed by atoms with E-state index in [1.54, 1.807) is 23.2 Å². The average Bonchev–Trinajstić information content (AvgIpc) is 3.32. The minimum Gasteiger partial charge on any atom is -0.351 e. The molecule has 1 saturated carbocycles. The van der Waals surface area contributed by atoms with Crippen molar-refractivity contribution >= 4 is 16.8 Å². The van der Waals surface area contributed by atoms with Crippen LogP contribution in [0, 0.1) is 5.82 Å². The van der Waals surface area contributed by atoms with Gasteiger partial charge in [0.2, 0.25) is 0 Å². The van der Waals surface area contributed by atoms with E-state index in [9.17, 15) is 9.18 Å². The summed E-state index contributed by atoms with van der Waals surface area (Å²) in [6.45, 7) is 0.445. The highest BCUT2D eigenvalue weighted by atomic mass is 19.1. The first-order valence-electron chi connectivity index (χ1n) is 10.6. The van der Waals surface area contributed by atoms with Crippen LogP contribution in [0.3, 0.4) is 0 Å². The molecule has 0 N–H and O–H groups in total. The van der Waals surface area contributed by atoms with Crippen LogP contribution in [0.2, 0.25) is 0 Å². The normalized spacial score (nSPS) is 14.0. The van der Waals surface area contributed by atoms with Crippen LogP contribution in [0.1, 0.15) is 35.3 Å². The Morgan fingerprint density at radius 2 is 2.00 bits per heavy atom. The molecule has 1 amide bonds. The van der Waals surface area contributed by atoms with E-state index >= 15 is 0 Å². The van der Waals surface area contributed by atoms with Gasteiger partial charge in [-0.3, -0.25) is 4.79 Å². The molecule has 0 radical (unpaired) electrons. The summed E-state index contributed by atoms with van der Waals surface area (Å²) in [5.74, 6) is -0.327. The molecule has 2 heterocycles. The van der Waals surface area contributed by atoms with Crippen LogP contribution in [0.25, 0.3) is 22.0 Å². The number of hydrogen-bond donors (Lipinski definition) is 0. The summed E-state index contributed by atoms with van der Waals surface area (Å²) in [5.41, 5.74) is 3.87. The number of fused-ring (bicyclic) bond motifs is 1. The monoisotopic (exact) mass is 416 g/mol. The average molecular weight is 417 g/mol. The summed E-state index contributed by atoms with van der Waals surface area (Å²) < 4.78 is 18.6. The van der Waals surface area contributed by atoms with Crippen LogP contribution in [0.15, 0.2) is 61.2 Å². The number of carbonyl (C=O) groups excluding carboxylic acids is 1. The van der Waals surface area contributed by atoms with Gasteiger partial charge in [-0.15, -0.1) is 0 Å². The Balaban J connectivity index is 1.47. The largest absolute Gasteiger partial charge is 0.351 e. The molecule has 0 atom stereocenters. The van der Waals surface area contributed by atoms with Gasteiger partial charge in [0.15, 0.2) is 0 Å². The number of nitrogens with zero attached hydrogens (tertiary/aromatic N) is 4. The van der Waals surface area contributed by atoms with E-state index in [0.717, 1.165) is 41.3 Å². The van der Waals surface area contributed by atoms with Crippen molar-refractivity contribution in [2.45, 2.75) is 31.8 Å². The highest BCUT2D eigenvalue weighted by Crippen LogP contribution is 2.31. The van der Waals surface area contributed by atoms with Crippen molar-refractivity contribution in [1.82, 2.24) is 19.0 Å². The molecule has 0 aliphatic heterocycles. The first-order valence-corrected chi connectivity index (χ1v) is 10.6. The quantitative estimate of drug-likeness (QED) is 0.464. The molecule has 158 valence electrons. The number of hydrogen-bond acceptors (Lipinski definition) is 2. The van der Waals surface area contributed by atoms with Gasteiger partial charge < -0.3 is 14.0 Å². The third kappa shape index (κ3) is 3.63. The fraction of sp³-hybridized carbons (Fsp3) is 0.280. The van der Waals surface area contributed by atoms with Crippen molar-refractivity contribution in [2.24, 2.45) is 14.1 Å². The molecule has 5 rings (SSSR count). The van der Waals surface area contributed by atoms with Crippen LogP contribution in [0.5, 0.6) is 0 Å². The number of imidazole rings is 1. The van der Waals surface area contributed by atoms with Crippen LogP contribution < -0.4 is 0 Å². The van der Waals surface area contributed by atoms with Crippen molar-refractivity contribution in [3.8, 4) is 11.1 Å². The Hall–Kier alpha value is -3.41. The van der Waals surface area contributed by atoms with Gasteiger partial charge in [-0.2, -0.15) is 0 Å². The van der Waals surface area contributed by atoms with Gasteiger partial charge in [0.1, 0.15) is 11.5 Å². The second-order valence-corrected chi connectivity index (χ2v) is 8.46. The smallest absolute Gasteiger partial charge is 0.274 e. The van der Waals surface area contributed by atoms with Gasteiger partial charge in [0.05, 0.1) is 6.33 Å². The minimum absolute atomic E-state index is 0.0677. The predicted octanol–water partition coefficient (Wildman–Crippen LogP) is 4.91. The molecule has 0 unspecified atom stereocenters. The lowest BCUT2D eigenvalue weighted by atomic mass is 9.90. The van der Waals surface area contributed by atoms with Crippen molar-refractivity contribution in [3.05, 3.63) is 78.3 Å².